The Morgan fingerprint density at radius 1 is 0.947 bits per heavy atom. The highest BCUT2D eigenvalue weighted by atomic mass is 79.9. The fourth-order valence-electron chi connectivity index (χ4n) is 1.73. The SMILES string of the molecule is N#Cc1ccc(-c2ccc(OCCCBr)cc2)cc1. The van der Waals surface area contributed by atoms with Crippen LogP contribution in [0.15, 0.2) is 48.5 Å². The fraction of sp³-hybridized carbons (Fsp3) is 0.188. The van der Waals surface area contributed by atoms with Crippen molar-refractivity contribution in [3.63, 3.8) is 0 Å². The van der Waals surface area contributed by atoms with E-state index < -0.39 is 0 Å². The van der Waals surface area contributed by atoms with E-state index in [4.69, 9.17) is 10.00 Å². The first kappa shape index (κ1) is 13.6. The second-order valence-electron chi connectivity index (χ2n) is 4.10. The van der Waals surface area contributed by atoms with Gasteiger partial charge >= 0.3 is 0 Å². The molecule has 0 amide bonds. The molecule has 0 aliphatic carbocycles. The van der Waals surface area contributed by atoms with Crippen molar-refractivity contribution < 1.29 is 4.74 Å². The summed E-state index contributed by atoms with van der Waals surface area (Å²) in [5.74, 6) is 0.887. The number of halogens is 1. The largest absolute Gasteiger partial charge is 0.494 e. The molecule has 2 rings (SSSR count). The van der Waals surface area contributed by atoms with E-state index in [0.29, 0.717) is 5.56 Å². The molecule has 2 aromatic carbocycles. The molecule has 0 unspecified atom stereocenters. The highest BCUT2D eigenvalue weighted by Crippen LogP contribution is 2.22. The van der Waals surface area contributed by atoms with Gasteiger partial charge in [0.25, 0.3) is 0 Å². The van der Waals surface area contributed by atoms with Gasteiger partial charge in [-0.1, -0.05) is 40.2 Å². The zero-order chi connectivity index (χ0) is 13.5. The second kappa shape index (κ2) is 6.96. The van der Waals surface area contributed by atoms with E-state index in [1.807, 2.05) is 48.5 Å². The summed E-state index contributed by atoms with van der Waals surface area (Å²) in [7, 11) is 0. The Bertz CT molecular complexity index is 555. The van der Waals surface area contributed by atoms with Gasteiger partial charge in [0.15, 0.2) is 0 Å². The first-order valence-corrected chi connectivity index (χ1v) is 7.25. The van der Waals surface area contributed by atoms with Crippen molar-refractivity contribution in [1.29, 1.82) is 5.26 Å². The van der Waals surface area contributed by atoms with Gasteiger partial charge in [0.1, 0.15) is 5.75 Å². The van der Waals surface area contributed by atoms with E-state index in [9.17, 15) is 0 Å². The van der Waals surface area contributed by atoms with Crippen molar-refractivity contribution in [3.8, 4) is 22.9 Å². The third-order valence-corrected chi connectivity index (χ3v) is 3.31. The topological polar surface area (TPSA) is 33.0 Å². The molecular formula is C16H14BrNO. The molecule has 0 aliphatic rings. The monoisotopic (exact) mass is 315 g/mol. The molecular weight excluding hydrogens is 302 g/mol. The van der Waals surface area contributed by atoms with Crippen molar-refractivity contribution in [2.75, 3.05) is 11.9 Å². The summed E-state index contributed by atoms with van der Waals surface area (Å²) in [5.41, 5.74) is 2.90. The Hall–Kier alpha value is -1.79. The van der Waals surface area contributed by atoms with Gasteiger partial charge in [-0.05, 0) is 41.8 Å². The summed E-state index contributed by atoms with van der Waals surface area (Å²) in [6.07, 6.45) is 0.997. The Morgan fingerprint density at radius 2 is 1.53 bits per heavy atom. The van der Waals surface area contributed by atoms with Gasteiger partial charge in [0.2, 0.25) is 0 Å². The lowest BCUT2D eigenvalue weighted by Crippen LogP contribution is -1.97. The molecule has 2 aromatic rings. The van der Waals surface area contributed by atoms with Crippen molar-refractivity contribution in [2.45, 2.75) is 6.42 Å². The first-order chi connectivity index (χ1) is 9.33. The van der Waals surface area contributed by atoms with Crippen LogP contribution in [-0.4, -0.2) is 11.9 Å². The average Bonchev–Trinajstić information content (AvgIpc) is 2.48. The van der Waals surface area contributed by atoms with E-state index >= 15 is 0 Å². The smallest absolute Gasteiger partial charge is 0.119 e. The zero-order valence-corrected chi connectivity index (χ0v) is 12.1. The molecule has 0 bridgehead atoms. The number of rotatable bonds is 5. The van der Waals surface area contributed by atoms with Crippen LogP contribution < -0.4 is 4.74 Å². The maximum atomic E-state index is 8.77. The Balaban J connectivity index is 2.07. The van der Waals surface area contributed by atoms with Gasteiger partial charge in [0, 0.05) is 5.33 Å². The Labute approximate surface area is 121 Å². The molecule has 2 nitrogen and oxygen atoms in total. The number of alkyl halides is 1. The van der Waals surface area contributed by atoms with Crippen LogP contribution in [0.3, 0.4) is 0 Å². The van der Waals surface area contributed by atoms with Crippen LogP contribution in [0.2, 0.25) is 0 Å². The van der Waals surface area contributed by atoms with E-state index in [1.165, 1.54) is 0 Å². The second-order valence-corrected chi connectivity index (χ2v) is 4.90. The molecule has 96 valence electrons. The summed E-state index contributed by atoms with van der Waals surface area (Å²) in [5, 5.41) is 9.72. The third kappa shape index (κ3) is 3.84. The number of ether oxygens (including phenoxy) is 1. The van der Waals surface area contributed by atoms with Crippen LogP contribution in [0.1, 0.15) is 12.0 Å². The van der Waals surface area contributed by atoms with Crippen LogP contribution >= 0.6 is 15.9 Å². The predicted molar refractivity (Wildman–Crippen MR) is 80.5 cm³/mol. The minimum absolute atomic E-state index is 0.679. The molecule has 0 aliphatic heterocycles. The normalized spacial score (nSPS) is 9.89. The molecule has 0 heterocycles. The quantitative estimate of drug-likeness (QED) is 0.605. The lowest BCUT2D eigenvalue weighted by atomic mass is 10.0. The summed E-state index contributed by atoms with van der Waals surface area (Å²) in [6, 6.07) is 17.7. The van der Waals surface area contributed by atoms with Gasteiger partial charge in [-0.25, -0.2) is 0 Å². The van der Waals surface area contributed by atoms with Crippen molar-refractivity contribution in [3.05, 3.63) is 54.1 Å². The van der Waals surface area contributed by atoms with E-state index in [1.54, 1.807) is 0 Å². The molecule has 0 aromatic heterocycles. The van der Waals surface area contributed by atoms with Crippen molar-refractivity contribution in [1.82, 2.24) is 0 Å². The van der Waals surface area contributed by atoms with Gasteiger partial charge in [-0.15, -0.1) is 0 Å². The lowest BCUT2D eigenvalue weighted by Gasteiger charge is -2.06. The third-order valence-electron chi connectivity index (χ3n) is 2.75. The highest BCUT2D eigenvalue weighted by Gasteiger charge is 1.99. The average molecular weight is 316 g/mol. The van der Waals surface area contributed by atoms with E-state index in [2.05, 4.69) is 22.0 Å². The lowest BCUT2D eigenvalue weighted by molar-refractivity contribution is 0.319. The first-order valence-electron chi connectivity index (χ1n) is 6.13. The molecule has 0 saturated carbocycles. The van der Waals surface area contributed by atoms with Crippen LogP contribution in [0.5, 0.6) is 5.75 Å². The van der Waals surface area contributed by atoms with Crippen LogP contribution in [0.4, 0.5) is 0 Å². The molecule has 0 N–H and O–H groups in total. The molecule has 0 saturated heterocycles. The maximum absolute atomic E-state index is 8.77. The minimum Gasteiger partial charge on any atom is -0.494 e. The molecule has 0 spiro atoms. The standard InChI is InChI=1S/C16H14BrNO/c17-10-1-11-19-16-8-6-15(7-9-16)14-4-2-13(12-18)3-5-14/h2-9H,1,10-11H2. The van der Waals surface area contributed by atoms with E-state index in [0.717, 1.165) is 35.2 Å². The van der Waals surface area contributed by atoms with Crippen LogP contribution in [0, 0.1) is 11.3 Å². The number of nitrogens with zero attached hydrogens (tertiary/aromatic N) is 1. The van der Waals surface area contributed by atoms with Gasteiger partial charge < -0.3 is 4.74 Å². The predicted octanol–water partition coefficient (Wildman–Crippen LogP) is 4.39. The van der Waals surface area contributed by atoms with Crippen molar-refractivity contribution >= 4 is 15.9 Å². The summed E-state index contributed by atoms with van der Waals surface area (Å²) in [4.78, 5) is 0. The summed E-state index contributed by atoms with van der Waals surface area (Å²) < 4.78 is 5.60. The van der Waals surface area contributed by atoms with Gasteiger partial charge in [-0.2, -0.15) is 5.26 Å². The number of hydrogen-bond donors (Lipinski definition) is 0. The molecule has 3 heteroatoms. The van der Waals surface area contributed by atoms with Gasteiger partial charge in [-0.3, -0.25) is 0 Å². The highest BCUT2D eigenvalue weighted by molar-refractivity contribution is 9.09. The molecule has 0 radical (unpaired) electrons. The number of nitriles is 1. The summed E-state index contributed by atoms with van der Waals surface area (Å²) >= 11 is 3.37. The Morgan fingerprint density at radius 3 is 2.05 bits per heavy atom. The van der Waals surface area contributed by atoms with Crippen LogP contribution in [0.25, 0.3) is 11.1 Å². The molecule has 0 atom stereocenters. The van der Waals surface area contributed by atoms with Crippen molar-refractivity contribution in [2.24, 2.45) is 0 Å². The zero-order valence-electron chi connectivity index (χ0n) is 10.5. The minimum atomic E-state index is 0.679. The van der Waals surface area contributed by atoms with E-state index in [-0.39, 0.29) is 0 Å². The van der Waals surface area contributed by atoms with Crippen LogP contribution in [-0.2, 0) is 0 Å². The number of hydrogen-bond acceptors (Lipinski definition) is 2. The molecule has 0 fully saturated rings. The molecule has 19 heavy (non-hydrogen) atoms. The fourth-order valence-corrected chi connectivity index (χ4v) is 1.95. The Kier molecular flexibility index (Phi) is 5.00. The maximum Gasteiger partial charge on any atom is 0.119 e. The number of benzene rings is 2. The van der Waals surface area contributed by atoms with Gasteiger partial charge in [0.05, 0.1) is 18.2 Å². The summed E-state index contributed by atoms with van der Waals surface area (Å²) in [6.45, 7) is 0.724.